The third-order valence-corrected chi connectivity index (χ3v) is 6.58. The second-order valence-corrected chi connectivity index (χ2v) is 8.45. The van der Waals surface area contributed by atoms with Gasteiger partial charge in [-0.15, -0.1) is 0 Å². The van der Waals surface area contributed by atoms with E-state index in [-0.39, 0.29) is 11.7 Å². The van der Waals surface area contributed by atoms with E-state index in [2.05, 4.69) is 29.7 Å². The van der Waals surface area contributed by atoms with Crippen molar-refractivity contribution in [3.8, 4) is 17.0 Å². The van der Waals surface area contributed by atoms with Crippen molar-refractivity contribution in [1.29, 1.82) is 0 Å². The lowest BCUT2D eigenvalue weighted by molar-refractivity contribution is 0.0967. The fraction of sp³-hybridized carbons (Fsp3) is 0.250. The highest BCUT2D eigenvalue weighted by Crippen LogP contribution is 2.38. The Kier molecular flexibility index (Phi) is 4.68. The molecule has 0 saturated heterocycles. The standard InChI is InChI=1S/C24H22N2O2S/c1-2-12-28-19-10-8-17(9-11-19)20-15-26-21-13-18(16-6-4-3-5-7-16)14-22(27)23(21)29-24(26)25-20/h3-11,15,18H,2,12-14H2,1H3/t18-/m0/s1. The molecule has 2 heterocycles. The van der Waals surface area contributed by atoms with Gasteiger partial charge in [-0.2, -0.15) is 0 Å². The molecule has 4 nitrogen and oxygen atoms in total. The number of nitrogens with zero attached hydrogens (tertiary/aromatic N) is 2. The summed E-state index contributed by atoms with van der Waals surface area (Å²) in [5, 5.41) is 0. The zero-order chi connectivity index (χ0) is 19.8. The van der Waals surface area contributed by atoms with E-state index in [4.69, 9.17) is 9.72 Å². The number of benzene rings is 2. The molecule has 0 saturated carbocycles. The van der Waals surface area contributed by atoms with Crippen LogP contribution in [0.3, 0.4) is 0 Å². The lowest BCUT2D eigenvalue weighted by Crippen LogP contribution is -2.18. The van der Waals surface area contributed by atoms with E-state index in [0.29, 0.717) is 6.42 Å². The molecule has 2 aromatic heterocycles. The van der Waals surface area contributed by atoms with Gasteiger partial charge in [-0.05, 0) is 48.6 Å². The number of imidazole rings is 1. The fourth-order valence-electron chi connectivity index (χ4n) is 3.96. The maximum Gasteiger partial charge on any atom is 0.195 e. The van der Waals surface area contributed by atoms with E-state index in [1.807, 2.05) is 42.5 Å². The molecule has 1 aliphatic rings. The molecule has 5 heteroatoms. The quantitative estimate of drug-likeness (QED) is 0.426. The van der Waals surface area contributed by atoms with E-state index in [9.17, 15) is 4.79 Å². The second kappa shape index (κ2) is 7.48. The first kappa shape index (κ1) is 18.1. The van der Waals surface area contributed by atoms with Gasteiger partial charge in [-0.1, -0.05) is 48.6 Å². The number of fused-ring (bicyclic) bond motifs is 3. The van der Waals surface area contributed by atoms with Crippen molar-refractivity contribution in [3.63, 3.8) is 0 Å². The Bertz CT molecular complexity index is 1160. The van der Waals surface area contributed by atoms with Gasteiger partial charge < -0.3 is 4.74 Å². The van der Waals surface area contributed by atoms with Gasteiger partial charge in [0, 0.05) is 23.9 Å². The summed E-state index contributed by atoms with van der Waals surface area (Å²) < 4.78 is 7.78. The number of hydrogen-bond acceptors (Lipinski definition) is 4. The van der Waals surface area contributed by atoms with Gasteiger partial charge in [-0.3, -0.25) is 9.20 Å². The Balaban J connectivity index is 1.47. The first-order valence-corrected chi connectivity index (χ1v) is 10.9. The summed E-state index contributed by atoms with van der Waals surface area (Å²) >= 11 is 1.51. The molecule has 0 aliphatic heterocycles. The van der Waals surface area contributed by atoms with Crippen LogP contribution in [0.4, 0.5) is 0 Å². The number of rotatable bonds is 5. The molecule has 0 fully saturated rings. The van der Waals surface area contributed by atoms with Crippen molar-refractivity contribution < 1.29 is 9.53 Å². The van der Waals surface area contributed by atoms with Gasteiger partial charge in [0.2, 0.25) is 0 Å². The number of carbonyl (C=O) groups is 1. The maximum absolute atomic E-state index is 12.8. The molecule has 4 aromatic rings. The molecule has 0 bridgehead atoms. The summed E-state index contributed by atoms with van der Waals surface area (Å²) in [5.41, 5.74) is 4.31. The Hall–Kier alpha value is -2.92. The summed E-state index contributed by atoms with van der Waals surface area (Å²) in [7, 11) is 0. The van der Waals surface area contributed by atoms with Crippen LogP contribution >= 0.6 is 11.3 Å². The summed E-state index contributed by atoms with van der Waals surface area (Å²) in [6.07, 6.45) is 4.50. The van der Waals surface area contributed by atoms with Crippen LogP contribution in [0.2, 0.25) is 0 Å². The predicted molar refractivity (Wildman–Crippen MR) is 116 cm³/mol. The minimum atomic E-state index is 0.231. The van der Waals surface area contributed by atoms with Crippen LogP contribution in [0.15, 0.2) is 60.8 Å². The normalized spacial score (nSPS) is 16.2. The predicted octanol–water partition coefficient (Wildman–Crippen LogP) is 5.76. The maximum atomic E-state index is 12.8. The molecule has 0 unspecified atom stereocenters. The van der Waals surface area contributed by atoms with Gasteiger partial charge in [-0.25, -0.2) is 4.98 Å². The molecule has 2 aromatic carbocycles. The highest BCUT2D eigenvalue weighted by Gasteiger charge is 2.30. The lowest BCUT2D eigenvalue weighted by atomic mass is 9.84. The Morgan fingerprint density at radius 2 is 1.90 bits per heavy atom. The Morgan fingerprint density at radius 1 is 1.10 bits per heavy atom. The van der Waals surface area contributed by atoms with Gasteiger partial charge in [0.1, 0.15) is 5.75 Å². The summed E-state index contributed by atoms with van der Waals surface area (Å²) in [5.74, 6) is 1.34. The van der Waals surface area contributed by atoms with Crippen LogP contribution in [-0.2, 0) is 6.42 Å². The van der Waals surface area contributed by atoms with Crippen LogP contribution in [-0.4, -0.2) is 21.8 Å². The number of hydrogen-bond donors (Lipinski definition) is 0. The summed E-state index contributed by atoms with van der Waals surface area (Å²) in [6.45, 7) is 2.82. The lowest BCUT2D eigenvalue weighted by Gasteiger charge is -2.21. The molecular formula is C24H22N2O2S. The van der Waals surface area contributed by atoms with Crippen LogP contribution in [0.1, 0.15) is 46.6 Å². The molecule has 29 heavy (non-hydrogen) atoms. The average Bonchev–Trinajstić information content (AvgIpc) is 3.32. The monoisotopic (exact) mass is 402 g/mol. The fourth-order valence-corrected chi connectivity index (χ4v) is 5.05. The molecule has 0 spiro atoms. The van der Waals surface area contributed by atoms with Gasteiger partial charge in [0.05, 0.1) is 17.2 Å². The third kappa shape index (κ3) is 3.36. The van der Waals surface area contributed by atoms with Gasteiger partial charge in [0.25, 0.3) is 0 Å². The molecule has 0 amide bonds. The smallest absolute Gasteiger partial charge is 0.195 e. The van der Waals surface area contributed by atoms with Crippen molar-refractivity contribution in [3.05, 3.63) is 76.9 Å². The van der Waals surface area contributed by atoms with Crippen molar-refractivity contribution >= 4 is 22.1 Å². The highest BCUT2D eigenvalue weighted by atomic mass is 32.1. The molecule has 1 aliphatic carbocycles. The van der Waals surface area contributed by atoms with Crippen molar-refractivity contribution in [1.82, 2.24) is 9.38 Å². The molecule has 5 rings (SSSR count). The Labute approximate surface area is 173 Å². The molecular weight excluding hydrogens is 380 g/mol. The van der Waals surface area contributed by atoms with E-state index >= 15 is 0 Å². The van der Waals surface area contributed by atoms with Gasteiger partial charge in [0.15, 0.2) is 10.7 Å². The van der Waals surface area contributed by atoms with Crippen LogP contribution in [0, 0.1) is 0 Å². The van der Waals surface area contributed by atoms with Crippen molar-refractivity contribution in [2.45, 2.75) is 32.1 Å². The number of aromatic nitrogens is 2. The SMILES string of the molecule is CCCOc1ccc(-c2cn3c4c(sc3n2)C(=O)C[C@@H](c2ccccc2)C4)cc1. The first-order valence-electron chi connectivity index (χ1n) is 10.0. The van der Waals surface area contributed by atoms with E-state index in [0.717, 1.165) is 52.0 Å². The number of ether oxygens (including phenoxy) is 1. The summed E-state index contributed by atoms with van der Waals surface area (Å²) in [6, 6.07) is 18.4. The Morgan fingerprint density at radius 3 is 2.66 bits per heavy atom. The highest BCUT2D eigenvalue weighted by molar-refractivity contribution is 7.19. The van der Waals surface area contributed by atoms with E-state index < -0.39 is 0 Å². The average molecular weight is 403 g/mol. The van der Waals surface area contributed by atoms with Gasteiger partial charge >= 0.3 is 0 Å². The van der Waals surface area contributed by atoms with E-state index in [1.165, 1.54) is 16.9 Å². The largest absolute Gasteiger partial charge is 0.494 e. The zero-order valence-electron chi connectivity index (χ0n) is 16.3. The first-order chi connectivity index (χ1) is 14.2. The number of carbonyl (C=O) groups excluding carboxylic acids is 1. The molecule has 1 atom stereocenters. The van der Waals surface area contributed by atoms with Crippen LogP contribution in [0.25, 0.3) is 16.2 Å². The molecule has 146 valence electrons. The van der Waals surface area contributed by atoms with Crippen LogP contribution < -0.4 is 4.74 Å². The summed E-state index contributed by atoms with van der Waals surface area (Å²) in [4.78, 5) is 19.3. The zero-order valence-corrected chi connectivity index (χ0v) is 17.1. The second-order valence-electron chi connectivity index (χ2n) is 7.47. The number of Topliss-reactive ketones (excluding diaryl/α,β-unsaturated/α-hetero) is 1. The number of ketones is 1. The van der Waals surface area contributed by atoms with E-state index in [1.54, 1.807) is 0 Å². The van der Waals surface area contributed by atoms with Crippen LogP contribution in [0.5, 0.6) is 5.75 Å². The minimum absolute atomic E-state index is 0.231. The molecule has 0 radical (unpaired) electrons. The molecule has 0 N–H and O–H groups in total. The van der Waals surface area contributed by atoms with Crippen molar-refractivity contribution in [2.75, 3.05) is 6.61 Å². The van der Waals surface area contributed by atoms with Crippen molar-refractivity contribution in [2.24, 2.45) is 0 Å². The number of thiazole rings is 1. The topological polar surface area (TPSA) is 43.6 Å². The third-order valence-electron chi connectivity index (χ3n) is 5.44. The minimum Gasteiger partial charge on any atom is -0.494 e.